The molecule has 3 N–H and O–H groups in total. The van der Waals surface area contributed by atoms with Crippen molar-refractivity contribution in [1.82, 2.24) is 9.88 Å². The van der Waals surface area contributed by atoms with Gasteiger partial charge in [-0.15, -0.1) is 0 Å². The quantitative estimate of drug-likeness (QED) is 0.438. The number of nitrogens with two attached hydrogens (primary N) is 1. The Kier molecular flexibility index (Phi) is 7.56. The second-order valence-electron chi connectivity index (χ2n) is 8.56. The van der Waals surface area contributed by atoms with Crippen LogP contribution in [0.15, 0.2) is 59.0 Å². The molecule has 8 nitrogen and oxygen atoms in total. The van der Waals surface area contributed by atoms with E-state index in [0.717, 1.165) is 0 Å². The van der Waals surface area contributed by atoms with E-state index in [0.29, 0.717) is 29.5 Å². The lowest BCUT2D eigenvalue weighted by atomic mass is 9.76. The summed E-state index contributed by atoms with van der Waals surface area (Å²) >= 11 is 0. The van der Waals surface area contributed by atoms with Crippen molar-refractivity contribution in [3.05, 3.63) is 66.1 Å². The number of aromatic nitrogens is 1. The SMILES string of the molecule is CCC[C@H](C(O)c1nc2ccccc2o1)C(CS(=O)(=O)Cc1ccccc1)(C(N)=O)N(C)C. The molecule has 1 amide bonds. The van der Waals surface area contributed by atoms with E-state index in [1.807, 2.05) is 6.92 Å². The van der Waals surface area contributed by atoms with Gasteiger partial charge in [0.15, 0.2) is 15.4 Å². The highest BCUT2D eigenvalue weighted by molar-refractivity contribution is 7.90. The molecule has 3 aromatic rings. The van der Waals surface area contributed by atoms with Gasteiger partial charge in [-0.2, -0.15) is 0 Å². The van der Waals surface area contributed by atoms with Crippen LogP contribution in [0, 0.1) is 5.92 Å². The van der Waals surface area contributed by atoms with Gasteiger partial charge in [-0.25, -0.2) is 13.4 Å². The van der Waals surface area contributed by atoms with Crippen LogP contribution in [0.25, 0.3) is 11.1 Å². The largest absolute Gasteiger partial charge is 0.438 e. The number of rotatable bonds is 11. The lowest BCUT2D eigenvalue weighted by Crippen LogP contribution is -2.64. The number of oxazole rings is 1. The standard InChI is InChI=1S/C24H31N3O5S/c1-4-10-18(21(28)22-26-19-13-8-9-14-20(19)32-22)24(23(25)29,27(2)3)16-33(30,31)15-17-11-6-5-7-12-17/h5-9,11-14,18,21,28H,4,10,15-16H2,1-3H3,(H2,25,29)/t18-,21?,24?/m1/s1. The smallest absolute Gasteiger partial charge is 0.239 e. The van der Waals surface area contributed by atoms with Crippen LogP contribution in [0.1, 0.15) is 37.3 Å². The molecule has 33 heavy (non-hydrogen) atoms. The number of nitrogens with zero attached hydrogens (tertiary/aromatic N) is 2. The van der Waals surface area contributed by atoms with Crippen molar-refractivity contribution in [2.45, 2.75) is 37.2 Å². The van der Waals surface area contributed by atoms with Gasteiger partial charge >= 0.3 is 0 Å². The molecule has 1 aromatic heterocycles. The molecule has 2 aromatic carbocycles. The molecule has 2 unspecified atom stereocenters. The first-order valence-corrected chi connectivity index (χ1v) is 12.7. The molecule has 0 saturated heterocycles. The number of para-hydroxylation sites is 2. The number of amides is 1. The van der Waals surface area contributed by atoms with Crippen molar-refractivity contribution in [3.63, 3.8) is 0 Å². The molecule has 9 heteroatoms. The Bertz CT molecular complexity index is 1160. The van der Waals surface area contributed by atoms with Gasteiger partial charge in [0.1, 0.15) is 17.2 Å². The molecular weight excluding hydrogens is 442 g/mol. The van der Waals surface area contributed by atoms with Gasteiger partial charge in [0.2, 0.25) is 11.8 Å². The number of benzene rings is 2. The lowest BCUT2D eigenvalue weighted by molar-refractivity contribution is -0.135. The topological polar surface area (TPSA) is 127 Å². The second kappa shape index (κ2) is 10.0. The van der Waals surface area contributed by atoms with E-state index < -0.39 is 39.1 Å². The fourth-order valence-electron chi connectivity index (χ4n) is 4.41. The summed E-state index contributed by atoms with van der Waals surface area (Å²) in [5.41, 5.74) is 5.88. The van der Waals surface area contributed by atoms with Crippen LogP contribution in [0.4, 0.5) is 0 Å². The second-order valence-corrected chi connectivity index (χ2v) is 10.6. The molecule has 0 saturated carbocycles. The first kappa shape index (κ1) is 24.9. The Morgan fingerprint density at radius 3 is 2.36 bits per heavy atom. The summed E-state index contributed by atoms with van der Waals surface area (Å²) in [6.45, 7) is 1.89. The Hall–Kier alpha value is -2.75. The van der Waals surface area contributed by atoms with Gasteiger partial charge in [0.05, 0.1) is 11.5 Å². The maximum absolute atomic E-state index is 13.3. The molecule has 0 bridgehead atoms. The van der Waals surface area contributed by atoms with Crippen LogP contribution in [0.2, 0.25) is 0 Å². The maximum atomic E-state index is 13.3. The van der Waals surface area contributed by atoms with E-state index in [-0.39, 0.29) is 11.6 Å². The average Bonchev–Trinajstić information content (AvgIpc) is 3.20. The normalized spacial score (nSPS) is 15.9. The first-order valence-electron chi connectivity index (χ1n) is 10.9. The van der Waals surface area contributed by atoms with Crippen LogP contribution < -0.4 is 5.73 Å². The third-order valence-electron chi connectivity index (χ3n) is 6.05. The molecule has 0 spiro atoms. The zero-order valence-electron chi connectivity index (χ0n) is 19.1. The summed E-state index contributed by atoms with van der Waals surface area (Å²) < 4.78 is 32.3. The molecule has 0 fully saturated rings. The Labute approximate surface area is 194 Å². The summed E-state index contributed by atoms with van der Waals surface area (Å²) in [6.07, 6.45) is -0.412. The molecule has 0 aliphatic carbocycles. The number of likely N-dealkylation sites (N-methyl/N-ethyl adjacent to an activating group) is 1. The van der Waals surface area contributed by atoms with Gasteiger partial charge in [0.25, 0.3) is 0 Å². The number of aliphatic hydroxyl groups excluding tert-OH is 1. The number of carbonyl (C=O) groups is 1. The van der Waals surface area contributed by atoms with Crippen molar-refractivity contribution in [1.29, 1.82) is 0 Å². The first-order chi connectivity index (χ1) is 15.6. The van der Waals surface area contributed by atoms with Gasteiger partial charge in [-0.1, -0.05) is 55.8 Å². The molecule has 3 rings (SSSR count). The summed E-state index contributed by atoms with van der Waals surface area (Å²) in [5.74, 6) is -2.44. The minimum absolute atomic E-state index is 0.0302. The van der Waals surface area contributed by atoms with E-state index in [2.05, 4.69) is 4.98 Å². The summed E-state index contributed by atoms with van der Waals surface area (Å²) in [7, 11) is -0.588. The highest BCUT2D eigenvalue weighted by Crippen LogP contribution is 2.39. The van der Waals surface area contributed by atoms with E-state index >= 15 is 0 Å². The fourth-order valence-corrected chi connectivity index (χ4v) is 6.50. The van der Waals surface area contributed by atoms with Gasteiger partial charge < -0.3 is 15.3 Å². The predicted octanol–water partition coefficient (Wildman–Crippen LogP) is 2.68. The lowest BCUT2D eigenvalue weighted by Gasteiger charge is -2.44. The van der Waals surface area contributed by atoms with Crippen molar-refractivity contribution in [3.8, 4) is 0 Å². The van der Waals surface area contributed by atoms with Crippen LogP contribution in [-0.2, 0) is 20.4 Å². The van der Waals surface area contributed by atoms with Gasteiger partial charge in [-0.05, 0) is 38.2 Å². The minimum Gasteiger partial charge on any atom is -0.438 e. The number of hydrogen-bond donors (Lipinski definition) is 2. The van der Waals surface area contributed by atoms with Crippen molar-refractivity contribution >= 4 is 26.8 Å². The van der Waals surface area contributed by atoms with Gasteiger partial charge in [-0.3, -0.25) is 9.69 Å². The fraction of sp³-hybridized carbons (Fsp3) is 0.417. The molecule has 178 valence electrons. The van der Waals surface area contributed by atoms with E-state index in [4.69, 9.17) is 10.2 Å². The van der Waals surface area contributed by atoms with Crippen molar-refractivity contribution in [2.24, 2.45) is 11.7 Å². The maximum Gasteiger partial charge on any atom is 0.239 e. The predicted molar refractivity (Wildman–Crippen MR) is 127 cm³/mol. The summed E-state index contributed by atoms with van der Waals surface area (Å²) in [4.78, 5) is 18.9. The zero-order valence-corrected chi connectivity index (χ0v) is 20.0. The number of fused-ring (bicyclic) bond motifs is 1. The van der Waals surface area contributed by atoms with Crippen LogP contribution in [0.5, 0.6) is 0 Å². The molecule has 0 aliphatic rings. The zero-order chi connectivity index (χ0) is 24.2. The van der Waals surface area contributed by atoms with Crippen molar-refractivity contribution in [2.75, 3.05) is 19.8 Å². The number of hydrogen-bond acceptors (Lipinski definition) is 7. The van der Waals surface area contributed by atoms with Crippen LogP contribution in [0.3, 0.4) is 0 Å². The van der Waals surface area contributed by atoms with E-state index in [9.17, 15) is 18.3 Å². The number of sulfone groups is 1. The third kappa shape index (κ3) is 5.26. The minimum atomic E-state index is -3.79. The molecule has 1 heterocycles. The van der Waals surface area contributed by atoms with Crippen LogP contribution in [-0.4, -0.2) is 54.7 Å². The molecule has 0 aliphatic heterocycles. The Morgan fingerprint density at radius 1 is 1.15 bits per heavy atom. The van der Waals surface area contributed by atoms with E-state index in [1.165, 1.54) is 4.90 Å². The Morgan fingerprint density at radius 2 is 1.79 bits per heavy atom. The van der Waals surface area contributed by atoms with Gasteiger partial charge in [0, 0.05) is 5.92 Å². The number of primary amides is 1. The molecule has 3 atom stereocenters. The average molecular weight is 474 g/mol. The summed E-state index contributed by atoms with van der Waals surface area (Å²) in [6, 6.07) is 15.8. The number of carbonyl (C=O) groups excluding carboxylic acids is 1. The monoisotopic (exact) mass is 473 g/mol. The summed E-state index contributed by atoms with van der Waals surface area (Å²) in [5, 5.41) is 11.3. The third-order valence-corrected chi connectivity index (χ3v) is 7.70. The van der Waals surface area contributed by atoms with E-state index in [1.54, 1.807) is 68.7 Å². The van der Waals surface area contributed by atoms with Crippen LogP contribution >= 0.6 is 0 Å². The highest BCUT2D eigenvalue weighted by atomic mass is 32.2. The van der Waals surface area contributed by atoms with Crippen molar-refractivity contribution < 1.29 is 22.7 Å². The molecule has 0 radical (unpaired) electrons. The Balaban J connectivity index is 2.05. The highest BCUT2D eigenvalue weighted by Gasteiger charge is 2.52. The molecular formula is C24H31N3O5S. The number of aliphatic hydroxyl groups is 1.